The molecule has 0 spiro atoms. The maximum Gasteiger partial charge on any atom is 0.230 e. The van der Waals surface area contributed by atoms with Crippen LogP contribution in [0.5, 0.6) is 5.75 Å². The number of aromatic nitrogens is 1. The van der Waals surface area contributed by atoms with Crippen molar-refractivity contribution < 1.29 is 9.53 Å². The van der Waals surface area contributed by atoms with E-state index in [1.54, 1.807) is 0 Å². The number of para-hydroxylation sites is 1. The lowest BCUT2D eigenvalue weighted by molar-refractivity contribution is -0.115. The Morgan fingerprint density at radius 3 is 2.81 bits per heavy atom. The topological polar surface area (TPSA) is 54.5 Å². The Hall–Kier alpha value is -2.57. The third-order valence-electron chi connectivity index (χ3n) is 5.24. The van der Waals surface area contributed by atoms with E-state index >= 15 is 0 Å². The maximum absolute atomic E-state index is 12.8. The SMILES string of the molecule is CCOc1ccccc1-c1nc(CC(=O)Nc2cc(Cl)ccc2N2CCCCC2)cs1. The number of amides is 1. The molecule has 2 heterocycles. The van der Waals surface area contributed by atoms with Crippen molar-refractivity contribution in [2.24, 2.45) is 0 Å². The first-order valence-corrected chi connectivity index (χ1v) is 11.9. The molecule has 4 rings (SSSR count). The largest absolute Gasteiger partial charge is 0.493 e. The summed E-state index contributed by atoms with van der Waals surface area (Å²) in [6.45, 7) is 4.55. The van der Waals surface area contributed by atoms with Crippen molar-refractivity contribution in [2.45, 2.75) is 32.6 Å². The van der Waals surface area contributed by atoms with Crippen LogP contribution < -0.4 is 15.0 Å². The van der Waals surface area contributed by atoms with E-state index in [9.17, 15) is 4.79 Å². The van der Waals surface area contributed by atoms with Crippen LogP contribution >= 0.6 is 22.9 Å². The molecule has 1 aliphatic rings. The monoisotopic (exact) mass is 455 g/mol. The van der Waals surface area contributed by atoms with Crippen molar-refractivity contribution >= 4 is 40.2 Å². The number of hydrogen-bond donors (Lipinski definition) is 1. The predicted octanol–water partition coefficient (Wildman–Crippen LogP) is 6.03. The van der Waals surface area contributed by atoms with Gasteiger partial charge in [-0.15, -0.1) is 11.3 Å². The molecular weight excluding hydrogens is 430 g/mol. The third-order valence-corrected chi connectivity index (χ3v) is 6.40. The number of anilines is 2. The lowest BCUT2D eigenvalue weighted by Gasteiger charge is -2.30. The van der Waals surface area contributed by atoms with Gasteiger partial charge in [-0.3, -0.25) is 4.79 Å². The van der Waals surface area contributed by atoms with Gasteiger partial charge in [-0.1, -0.05) is 23.7 Å². The van der Waals surface area contributed by atoms with Gasteiger partial charge in [0.25, 0.3) is 0 Å². The zero-order valence-electron chi connectivity index (χ0n) is 17.6. The average Bonchev–Trinajstić information content (AvgIpc) is 3.23. The number of carbonyl (C=O) groups is 1. The fraction of sp³-hybridized carbons (Fsp3) is 0.333. The Morgan fingerprint density at radius 1 is 1.19 bits per heavy atom. The van der Waals surface area contributed by atoms with Crippen LogP contribution in [0.25, 0.3) is 10.6 Å². The lowest BCUT2D eigenvalue weighted by Crippen LogP contribution is -2.30. The molecule has 1 N–H and O–H groups in total. The molecule has 1 aliphatic heterocycles. The second-order valence-corrected chi connectivity index (χ2v) is 8.80. The van der Waals surface area contributed by atoms with Gasteiger partial charge in [0.05, 0.1) is 35.7 Å². The van der Waals surface area contributed by atoms with Gasteiger partial charge in [-0.25, -0.2) is 4.98 Å². The van der Waals surface area contributed by atoms with Crippen LogP contribution in [-0.4, -0.2) is 30.6 Å². The second-order valence-electron chi connectivity index (χ2n) is 7.51. The van der Waals surface area contributed by atoms with Gasteiger partial charge in [-0.05, 0) is 56.5 Å². The van der Waals surface area contributed by atoms with Crippen LogP contribution in [0, 0.1) is 0 Å². The Balaban J connectivity index is 1.48. The molecule has 3 aromatic rings. The number of halogens is 1. The number of piperidine rings is 1. The number of nitrogens with one attached hydrogen (secondary N) is 1. The minimum atomic E-state index is -0.101. The van der Waals surface area contributed by atoms with Crippen LogP contribution in [0.1, 0.15) is 31.9 Å². The Morgan fingerprint density at radius 2 is 2.00 bits per heavy atom. The van der Waals surface area contributed by atoms with Gasteiger partial charge in [0.2, 0.25) is 5.91 Å². The molecule has 2 aromatic carbocycles. The molecule has 0 atom stereocenters. The van der Waals surface area contributed by atoms with Crippen molar-refractivity contribution in [3.05, 3.63) is 58.6 Å². The fourth-order valence-electron chi connectivity index (χ4n) is 3.81. The second kappa shape index (κ2) is 10.2. The van der Waals surface area contributed by atoms with Gasteiger partial charge in [0.15, 0.2) is 0 Å². The van der Waals surface area contributed by atoms with Gasteiger partial charge < -0.3 is 15.0 Å². The van der Waals surface area contributed by atoms with Gasteiger partial charge in [-0.2, -0.15) is 0 Å². The summed E-state index contributed by atoms with van der Waals surface area (Å²) in [5.74, 6) is 0.705. The highest BCUT2D eigenvalue weighted by molar-refractivity contribution is 7.13. The summed E-state index contributed by atoms with van der Waals surface area (Å²) in [4.78, 5) is 19.8. The van der Waals surface area contributed by atoms with E-state index in [0.29, 0.717) is 11.6 Å². The summed E-state index contributed by atoms with van der Waals surface area (Å²) in [7, 11) is 0. The summed E-state index contributed by atoms with van der Waals surface area (Å²) in [5, 5.41) is 6.45. The molecule has 0 radical (unpaired) electrons. The van der Waals surface area contributed by atoms with Crippen LogP contribution in [0.2, 0.25) is 5.02 Å². The number of nitrogens with zero attached hydrogens (tertiary/aromatic N) is 2. The zero-order chi connectivity index (χ0) is 21.6. The first-order chi connectivity index (χ1) is 15.1. The molecule has 1 fully saturated rings. The van der Waals surface area contributed by atoms with Gasteiger partial charge >= 0.3 is 0 Å². The highest BCUT2D eigenvalue weighted by atomic mass is 35.5. The van der Waals surface area contributed by atoms with Crippen LogP contribution in [-0.2, 0) is 11.2 Å². The van der Waals surface area contributed by atoms with Crippen LogP contribution in [0.3, 0.4) is 0 Å². The van der Waals surface area contributed by atoms with Crippen molar-refractivity contribution in [3.8, 4) is 16.3 Å². The highest BCUT2D eigenvalue weighted by Crippen LogP contribution is 2.33. The molecule has 1 amide bonds. The summed E-state index contributed by atoms with van der Waals surface area (Å²) in [6.07, 6.45) is 3.80. The standard InChI is InChI=1S/C24H26ClN3O2S/c1-2-30-22-9-5-4-8-19(22)24-26-18(16-31-24)15-23(29)27-20-14-17(25)10-11-21(20)28-12-6-3-7-13-28/h4-5,8-11,14,16H,2-3,6-7,12-13,15H2,1H3,(H,27,29). The smallest absolute Gasteiger partial charge is 0.230 e. The molecule has 31 heavy (non-hydrogen) atoms. The average molecular weight is 456 g/mol. The highest BCUT2D eigenvalue weighted by Gasteiger charge is 2.17. The van der Waals surface area contributed by atoms with Crippen molar-refractivity contribution in [3.63, 3.8) is 0 Å². The van der Waals surface area contributed by atoms with Gasteiger partial charge in [0, 0.05) is 23.5 Å². The van der Waals surface area contributed by atoms with E-state index < -0.39 is 0 Å². The molecule has 1 aromatic heterocycles. The van der Waals surface area contributed by atoms with Gasteiger partial charge in [0.1, 0.15) is 10.8 Å². The molecule has 5 nitrogen and oxygen atoms in total. The Kier molecular flexibility index (Phi) is 7.10. The first kappa shape index (κ1) is 21.7. The Bertz CT molecular complexity index is 1050. The van der Waals surface area contributed by atoms with E-state index in [2.05, 4.69) is 15.2 Å². The number of rotatable bonds is 7. The van der Waals surface area contributed by atoms with Crippen LogP contribution in [0.4, 0.5) is 11.4 Å². The fourth-order valence-corrected chi connectivity index (χ4v) is 4.84. The van der Waals surface area contributed by atoms with E-state index in [0.717, 1.165) is 46.5 Å². The number of carbonyl (C=O) groups excluding carboxylic acids is 1. The maximum atomic E-state index is 12.8. The quantitative estimate of drug-likeness (QED) is 0.472. The summed E-state index contributed by atoms with van der Waals surface area (Å²) >= 11 is 7.74. The molecule has 1 saturated heterocycles. The molecule has 162 valence electrons. The van der Waals surface area contributed by atoms with E-state index in [-0.39, 0.29) is 12.3 Å². The summed E-state index contributed by atoms with van der Waals surface area (Å²) in [5.41, 5.74) is 3.48. The van der Waals surface area contributed by atoms with Crippen molar-refractivity contribution in [2.75, 3.05) is 29.9 Å². The molecular formula is C24H26ClN3O2S. The lowest BCUT2D eigenvalue weighted by atomic mass is 10.1. The summed E-state index contributed by atoms with van der Waals surface area (Å²) in [6, 6.07) is 13.5. The Labute approximate surface area is 192 Å². The number of thiazole rings is 1. The van der Waals surface area contributed by atoms with Crippen molar-refractivity contribution in [1.82, 2.24) is 4.98 Å². The van der Waals surface area contributed by atoms with Crippen molar-refractivity contribution in [1.29, 1.82) is 0 Å². The normalized spacial score (nSPS) is 13.8. The minimum absolute atomic E-state index is 0.101. The summed E-state index contributed by atoms with van der Waals surface area (Å²) < 4.78 is 5.71. The molecule has 0 unspecified atom stereocenters. The number of ether oxygens (including phenoxy) is 1. The molecule has 7 heteroatoms. The predicted molar refractivity (Wildman–Crippen MR) is 129 cm³/mol. The van der Waals surface area contributed by atoms with E-state index in [1.807, 2.05) is 54.8 Å². The van der Waals surface area contributed by atoms with E-state index in [1.165, 1.54) is 30.6 Å². The molecule has 0 saturated carbocycles. The first-order valence-electron chi connectivity index (χ1n) is 10.6. The molecule has 0 aliphatic carbocycles. The third kappa shape index (κ3) is 5.38. The minimum Gasteiger partial charge on any atom is -0.493 e. The molecule has 0 bridgehead atoms. The number of benzene rings is 2. The van der Waals surface area contributed by atoms with E-state index in [4.69, 9.17) is 16.3 Å². The zero-order valence-corrected chi connectivity index (χ0v) is 19.1. The number of hydrogen-bond acceptors (Lipinski definition) is 5. The van der Waals surface area contributed by atoms with Crippen LogP contribution in [0.15, 0.2) is 47.8 Å².